The van der Waals surface area contributed by atoms with Gasteiger partial charge in [0, 0.05) is 24.7 Å². The Morgan fingerprint density at radius 1 is 1.00 bits per heavy atom. The fraction of sp³-hybridized carbons (Fsp3) is 0.200. The maximum Gasteiger partial charge on any atom is 0.261 e. The van der Waals surface area contributed by atoms with E-state index in [2.05, 4.69) is 11.9 Å². The molecule has 1 N–H and O–H groups in total. The first kappa shape index (κ1) is 19.7. The van der Waals surface area contributed by atoms with Gasteiger partial charge in [-0.2, -0.15) is 0 Å². The highest BCUT2D eigenvalue weighted by atomic mass is 16.5. The number of nitrogens with zero attached hydrogens (tertiary/aromatic N) is 1. The Morgan fingerprint density at radius 2 is 1.73 bits per heavy atom. The number of hydrogen-bond acceptors (Lipinski definition) is 3. The summed E-state index contributed by atoms with van der Waals surface area (Å²) in [6.07, 6.45) is 0.896. The summed E-state index contributed by atoms with van der Waals surface area (Å²) in [5.74, 6) is 0.444. The Hall–Kier alpha value is -3.60. The second-order valence-electron chi connectivity index (χ2n) is 7.37. The number of aromatic nitrogens is 1. The lowest BCUT2D eigenvalue weighted by Gasteiger charge is -2.21. The molecule has 3 aromatic carbocycles. The fourth-order valence-electron chi connectivity index (χ4n) is 3.65. The third-order valence-corrected chi connectivity index (χ3v) is 5.19. The molecule has 30 heavy (non-hydrogen) atoms. The number of amides is 1. The van der Waals surface area contributed by atoms with E-state index in [0.29, 0.717) is 18.7 Å². The molecule has 0 spiro atoms. The molecule has 5 heteroatoms. The minimum atomic E-state index is -0.383. The number of rotatable bonds is 6. The molecule has 1 aromatic heterocycles. The summed E-state index contributed by atoms with van der Waals surface area (Å²) in [7, 11) is 1.71. The predicted octanol–water partition coefficient (Wildman–Crippen LogP) is 4.74. The van der Waals surface area contributed by atoms with Crippen molar-refractivity contribution >= 4 is 27.6 Å². The summed E-state index contributed by atoms with van der Waals surface area (Å²) in [5, 5.41) is 2.95. The van der Waals surface area contributed by atoms with Gasteiger partial charge in [-0.15, -0.1) is 0 Å². The minimum absolute atomic E-state index is 0.132. The zero-order chi connectivity index (χ0) is 21.1. The molecule has 0 atom stereocenters. The first-order valence-electron chi connectivity index (χ1n) is 10.1. The van der Waals surface area contributed by atoms with Crippen molar-refractivity contribution < 1.29 is 9.53 Å². The van der Waals surface area contributed by atoms with E-state index in [0.717, 1.165) is 33.9 Å². The lowest BCUT2D eigenvalue weighted by molar-refractivity contribution is 0.0783. The van der Waals surface area contributed by atoms with Crippen LogP contribution in [0.2, 0.25) is 0 Å². The smallest absolute Gasteiger partial charge is 0.261 e. The molecular formula is C25H24N2O3. The van der Waals surface area contributed by atoms with Crippen LogP contribution in [0.1, 0.15) is 29.3 Å². The number of pyridine rings is 1. The van der Waals surface area contributed by atoms with E-state index < -0.39 is 0 Å². The molecule has 0 aliphatic rings. The van der Waals surface area contributed by atoms with E-state index in [1.807, 2.05) is 60.7 Å². The van der Waals surface area contributed by atoms with Crippen LogP contribution < -0.4 is 10.3 Å². The molecule has 0 aliphatic heterocycles. The molecule has 4 rings (SSSR count). The van der Waals surface area contributed by atoms with E-state index >= 15 is 0 Å². The maximum absolute atomic E-state index is 13.1. The Labute approximate surface area is 174 Å². The molecule has 152 valence electrons. The van der Waals surface area contributed by atoms with Gasteiger partial charge >= 0.3 is 0 Å². The number of aromatic amines is 1. The van der Waals surface area contributed by atoms with E-state index in [9.17, 15) is 9.59 Å². The molecule has 0 unspecified atom stereocenters. The summed E-state index contributed by atoms with van der Waals surface area (Å²) in [6.45, 7) is 3.00. The second-order valence-corrected chi connectivity index (χ2v) is 7.37. The quantitative estimate of drug-likeness (QED) is 0.508. The number of nitrogens with one attached hydrogen (secondary N) is 1. The van der Waals surface area contributed by atoms with Gasteiger partial charge in [0.1, 0.15) is 11.3 Å². The van der Waals surface area contributed by atoms with E-state index in [1.165, 1.54) is 0 Å². The van der Waals surface area contributed by atoms with Gasteiger partial charge in [0.2, 0.25) is 0 Å². The van der Waals surface area contributed by atoms with Crippen LogP contribution in [0.25, 0.3) is 21.7 Å². The van der Waals surface area contributed by atoms with Crippen molar-refractivity contribution in [1.82, 2.24) is 9.88 Å². The fourth-order valence-corrected chi connectivity index (χ4v) is 3.65. The number of ether oxygens (including phenoxy) is 1. The second kappa shape index (κ2) is 8.41. The predicted molar refractivity (Wildman–Crippen MR) is 120 cm³/mol. The number of hydrogen-bond donors (Lipinski definition) is 1. The summed E-state index contributed by atoms with van der Waals surface area (Å²) in [5.41, 5.74) is 1.40. The third-order valence-electron chi connectivity index (χ3n) is 5.19. The Bertz CT molecular complexity index is 1280. The van der Waals surface area contributed by atoms with E-state index in [-0.39, 0.29) is 17.0 Å². The van der Waals surface area contributed by atoms with Gasteiger partial charge in [0.25, 0.3) is 11.5 Å². The number of carbonyl (C=O) groups is 1. The highest BCUT2D eigenvalue weighted by Gasteiger charge is 2.19. The third kappa shape index (κ3) is 3.79. The molecule has 0 aliphatic carbocycles. The first-order chi connectivity index (χ1) is 14.6. The average molecular weight is 400 g/mol. The van der Waals surface area contributed by atoms with Gasteiger partial charge < -0.3 is 14.6 Å². The number of benzene rings is 3. The molecule has 1 heterocycles. The Balaban J connectivity index is 1.70. The summed E-state index contributed by atoms with van der Waals surface area (Å²) in [6, 6.07) is 21.1. The van der Waals surface area contributed by atoms with Gasteiger partial charge in [0.05, 0.1) is 6.61 Å². The zero-order valence-electron chi connectivity index (χ0n) is 17.1. The SMILES string of the molecule is CCCOc1ccc2ccccc2c1CN(C)C(=O)c1cc2ccccc2[nH]c1=O. The highest BCUT2D eigenvalue weighted by Crippen LogP contribution is 2.29. The molecule has 0 radical (unpaired) electrons. The topological polar surface area (TPSA) is 62.4 Å². The Morgan fingerprint density at radius 3 is 2.53 bits per heavy atom. The van der Waals surface area contributed by atoms with Gasteiger partial charge in [-0.1, -0.05) is 55.5 Å². The number of fused-ring (bicyclic) bond motifs is 2. The monoisotopic (exact) mass is 400 g/mol. The molecule has 0 fully saturated rings. The van der Waals surface area contributed by atoms with Gasteiger partial charge in [-0.05, 0) is 40.8 Å². The van der Waals surface area contributed by atoms with Crippen molar-refractivity contribution in [3.63, 3.8) is 0 Å². The van der Waals surface area contributed by atoms with Crippen molar-refractivity contribution in [2.45, 2.75) is 19.9 Å². The lowest BCUT2D eigenvalue weighted by atomic mass is 10.0. The lowest BCUT2D eigenvalue weighted by Crippen LogP contribution is -2.31. The average Bonchev–Trinajstić information content (AvgIpc) is 2.77. The van der Waals surface area contributed by atoms with Gasteiger partial charge in [-0.3, -0.25) is 9.59 Å². The Kier molecular flexibility index (Phi) is 5.53. The maximum atomic E-state index is 13.1. The van der Waals surface area contributed by atoms with Crippen molar-refractivity contribution in [2.75, 3.05) is 13.7 Å². The van der Waals surface area contributed by atoms with Gasteiger partial charge in [-0.25, -0.2) is 0 Å². The van der Waals surface area contributed by atoms with Crippen LogP contribution in [0.3, 0.4) is 0 Å². The van der Waals surface area contributed by atoms with Crippen LogP contribution in [0.4, 0.5) is 0 Å². The molecule has 0 saturated carbocycles. The zero-order valence-corrected chi connectivity index (χ0v) is 17.1. The molecule has 4 aromatic rings. The normalized spacial score (nSPS) is 11.0. The van der Waals surface area contributed by atoms with Crippen LogP contribution >= 0.6 is 0 Å². The van der Waals surface area contributed by atoms with E-state index in [1.54, 1.807) is 18.0 Å². The number of para-hydroxylation sites is 1. The number of H-pyrrole nitrogens is 1. The van der Waals surface area contributed by atoms with Crippen molar-refractivity contribution in [3.8, 4) is 5.75 Å². The largest absolute Gasteiger partial charge is 0.493 e. The van der Waals surface area contributed by atoms with E-state index in [4.69, 9.17) is 4.74 Å². The summed E-state index contributed by atoms with van der Waals surface area (Å²) < 4.78 is 5.96. The summed E-state index contributed by atoms with van der Waals surface area (Å²) >= 11 is 0. The molecule has 5 nitrogen and oxygen atoms in total. The standard InChI is InChI=1S/C25H24N2O3/c1-3-14-30-23-13-12-17-8-4-6-10-19(17)21(23)16-27(2)25(29)20-15-18-9-5-7-11-22(18)26-24(20)28/h4-13,15H,3,14,16H2,1-2H3,(H,26,28). The molecule has 0 saturated heterocycles. The first-order valence-corrected chi connectivity index (χ1v) is 10.1. The van der Waals surface area contributed by atoms with Crippen LogP contribution in [-0.4, -0.2) is 29.4 Å². The molecule has 0 bridgehead atoms. The number of carbonyl (C=O) groups excluding carboxylic acids is 1. The molecule has 1 amide bonds. The summed E-state index contributed by atoms with van der Waals surface area (Å²) in [4.78, 5) is 30.0. The van der Waals surface area contributed by atoms with Crippen LogP contribution in [0.15, 0.2) is 71.5 Å². The van der Waals surface area contributed by atoms with Crippen LogP contribution in [0, 0.1) is 0 Å². The highest BCUT2D eigenvalue weighted by molar-refractivity contribution is 5.97. The van der Waals surface area contributed by atoms with Crippen LogP contribution in [-0.2, 0) is 6.54 Å². The van der Waals surface area contributed by atoms with Crippen molar-refractivity contribution in [1.29, 1.82) is 0 Å². The van der Waals surface area contributed by atoms with Crippen LogP contribution in [0.5, 0.6) is 5.75 Å². The van der Waals surface area contributed by atoms with Crippen molar-refractivity contribution in [2.24, 2.45) is 0 Å². The van der Waals surface area contributed by atoms with Crippen molar-refractivity contribution in [3.05, 3.63) is 88.2 Å². The minimum Gasteiger partial charge on any atom is -0.493 e. The van der Waals surface area contributed by atoms with Gasteiger partial charge in [0.15, 0.2) is 0 Å². The molecular weight excluding hydrogens is 376 g/mol.